The monoisotopic (exact) mass is 379 g/mol. The third-order valence-electron chi connectivity index (χ3n) is 3.40. The minimum atomic E-state index is -3.93. The number of amides is 1. The van der Waals surface area contributed by atoms with Crippen molar-refractivity contribution in [3.63, 3.8) is 0 Å². The zero-order chi connectivity index (χ0) is 19.1. The van der Waals surface area contributed by atoms with E-state index in [4.69, 9.17) is 0 Å². The van der Waals surface area contributed by atoms with Crippen LogP contribution in [0.5, 0.6) is 0 Å². The van der Waals surface area contributed by atoms with Gasteiger partial charge in [-0.3, -0.25) is 9.52 Å². The Kier molecular flexibility index (Phi) is 5.58. The maximum Gasteiger partial charge on any atom is 0.248 e. The molecule has 8 heteroatoms. The van der Waals surface area contributed by atoms with Crippen molar-refractivity contribution in [1.82, 2.24) is 9.97 Å². The second-order valence-corrected chi connectivity index (χ2v) is 6.98. The Hall–Kier alpha value is -3.52. The quantitative estimate of drug-likeness (QED) is 0.660. The smallest absolute Gasteiger partial charge is 0.248 e. The molecule has 0 unspecified atom stereocenters. The maximum atomic E-state index is 12.2. The van der Waals surface area contributed by atoms with E-state index in [0.717, 1.165) is 5.56 Å². The van der Waals surface area contributed by atoms with Crippen LogP contribution in [0.1, 0.15) is 5.56 Å². The van der Waals surface area contributed by atoms with Gasteiger partial charge < -0.3 is 15.3 Å². The molecule has 0 atom stereocenters. The lowest BCUT2D eigenvalue weighted by atomic mass is 10.2. The van der Waals surface area contributed by atoms with Crippen LogP contribution in [-0.4, -0.2) is 24.3 Å². The summed E-state index contributed by atoms with van der Waals surface area (Å²) in [4.78, 5) is 19.5. The van der Waals surface area contributed by atoms with Gasteiger partial charge in [0, 0.05) is 17.7 Å². The summed E-state index contributed by atoms with van der Waals surface area (Å²) in [7, 11) is -3.93. The van der Waals surface area contributed by atoms with E-state index < -0.39 is 10.0 Å². The van der Waals surface area contributed by atoms with Crippen molar-refractivity contribution >= 4 is 33.6 Å². The first kappa shape index (κ1) is 18.3. The van der Waals surface area contributed by atoms with E-state index in [1.807, 2.05) is 30.3 Å². The van der Waals surface area contributed by atoms with Crippen LogP contribution in [0, 0.1) is 0 Å². The molecule has 7 nitrogen and oxygen atoms in total. The Morgan fingerprint density at radius 3 is 2.26 bits per heavy atom. The van der Waals surface area contributed by atoms with E-state index in [9.17, 15) is 13.2 Å². The number of carbonyl (C=O) groups excluding carboxylic acids is 1. The molecule has 1 aromatic heterocycles. The molecule has 0 saturated carbocycles. The molecular weight excluding hydrogens is 364 g/mol. The zero-order valence-corrected chi connectivity index (χ0v) is 14.9. The average Bonchev–Trinajstić information content (AvgIpc) is 2.68. The van der Waals surface area contributed by atoms with Crippen molar-refractivity contribution in [1.29, 1.82) is 0 Å². The summed E-state index contributed by atoms with van der Waals surface area (Å²) in [5, 5.41) is 2.66. The largest absolute Gasteiger partial charge is 0.366 e. The molecule has 0 aliphatic heterocycles. The van der Waals surface area contributed by atoms with Crippen LogP contribution in [0.3, 0.4) is 0 Å². The van der Waals surface area contributed by atoms with Crippen molar-refractivity contribution < 1.29 is 13.2 Å². The minimum Gasteiger partial charge on any atom is -0.366 e. The average molecular weight is 379 g/mol. The molecule has 3 rings (SSSR count). The lowest BCUT2D eigenvalue weighted by Crippen LogP contribution is -2.08. The highest BCUT2D eigenvalue weighted by Crippen LogP contribution is 2.24. The molecule has 2 aromatic carbocycles. The fourth-order valence-corrected chi connectivity index (χ4v) is 3.02. The van der Waals surface area contributed by atoms with Crippen LogP contribution in [0.2, 0.25) is 0 Å². The van der Waals surface area contributed by atoms with E-state index in [1.54, 1.807) is 12.1 Å². The first-order valence-electron chi connectivity index (χ1n) is 7.92. The molecule has 0 bridgehead atoms. The molecule has 0 radical (unpaired) electrons. The zero-order valence-electron chi connectivity index (χ0n) is 14.1. The Balaban J connectivity index is 1.64. The second-order valence-electron chi connectivity index (χ2n) is 5.37. The van der Waals surface area contributed by atoms with E-state index >= 15 is 0 Å². The van der Waals surface area contributed by atoms with E-state index in [-0.39, 0.29) is 16.8 Å². The number of anilines is 1. The van der Waals surface area contributed by atoms with Gasteiger partial charge in [-0.1, -0.05) is 36.4 Å². The topological polar surface area (TPSA) is 103 Å². The molecule has 0 spiro atoms. The normalized spacial score (nSPS) is 11.3. The molecule has 0 aliphatic carbocycles. The fourth-order valence-electron chi connectivity index (χ4n) is 2.13. The van der Waals surface area contributed by atoms with Gasteiger partial charge in [-0.25, -0.2) is 8.42 Å². The lowest BCUT2D eigenvalue weighted by Gasteiger charge is -2.12. The van der Waals surface area contributed by atoms with Crippen molar-refractivity contribution in [2.24, 2.45) is 0 Å². The molecule has 1 N–H and O–H groups in total. The van der Waals surface area contributed by atoms with Gasteiger partial charge in [0.1, 0.15) is 0 Å². The molecule has 1 amide bonds. The van der Waals surface area contributed by atoms with Gasteiger partial charge in [-0.2, -0.15) is 0 Å². The molecule has 0 fully saturated rings. The van der Waals surface area contributed by atoms with Crippen LogP contribution in [0.25, 0.3) is 10.8 Å². The van der Waals surface area contributed by atoms with Crippen LogP contribution in [-0.2, 0) is 14.8 Å². The molecule has 27 heavy (non-hydrogen) atoms. The summed E-state index contributed by atoms with van der Waals surface area (Å²) in [6, 6.07) is 16.7. The summed E-state index contributed by atoms with van der Waals surface area (Å²) in [6.07, 6.45) is 5.90. The standard InChI is InChI=1S/C19H16N4O3S/c24-18(12-7-15-5-2-1-3-6-15)22-16-8-10-17(11-9-16)27(25,26)23-19-20-13-4-14-21-19/h1-14H,(H2,20,21,22,23,24)/p-1. The number of aromatic nitrogens is 2. The predicted molar refractivity (Wildman–Crippen MR) is 103 cm³/mol. The minimum absolute atomic E-state index is 0.0206. The first-order valence-corrected chi connectivity index (χ1v) is 9.36. The van der Waals surface area contributed by atoms with Crippen LogP contribution in [0.15, 0.2) is 84.0 Å². The highest BCUT2D eigenvalue weighted by atomic mass is 32.2. The Bertz CT molecular complexity index is 1040. The summed E-state index contributed by atoms with van der Waals surface area (Å²) in [6.45, 7) is 0. The Morgan fingerprint density at radius 2 is 1.59 bits per heavy atom. The fraction of sp³-hybridized carbons (Fsp3) is 0. The summed E-state index contributed by atoms with van der Waals surface area (Å²) >= 11 is 0. The number of rotatable bonds is 6. The SMILES string of the molecule is O=C(C=Cc1ccccc1)Nc1ccc(S(=O)(=O)[N-]c2ncccn2)cc1. The number of hydrogen-bond acceptors (Lipinski definition) is 5. The molecule has 1 heterocycles. The van der Waals surface area contributed by atoms with Gasteiger partial charge in [0.2, 0.25) is 15.9 Å². The number of sulfonamides is 1. The van der Waals surface area contributed by atoms with Crippen molar-refractivity contribution in [2.75, 3.05) is 5.32 Å². The summed E-state index contributed by atoms with van der Waals surface area (Å²) in [5.41, 5.74) is 1.37. The maximum absolute atomic E-state index is 12.2. The number of benzene rings is 2. The van der Waals surface area contributed by atoms with Crippen molar-refractivity contribution in [3.8, 4) is 0 Å². The van der Waals surface area contributed by atoms with Gasteiger partial charge in [0.05, 0.1) is 4.90 Å². The third-order valence-corrected chi connectivity index (χ3v) is 4.67. The van der Waals surface area contributed by atoms with Crippen LogP contribution in [0.4, 0.5) is 11.6 Å². The van der Waals surface area contributed by atoms with E-state index in [0.29, 0.717) is 5.69 Å². The number of nitrogens with zero attached hydrogens (tertiary/aromatic N) is 3. The van der Waals surface area contributed by atoms with Gasteiger partial charge in [0.25, 0.3) is 0 Å². The van der Waals surface area contributed by atoms with Crippen molar-refractivity contribution in [2.45, 2.75) is 4.90 Å². The highest BCUT2D eigenvalue weighted by Gasteiger charge is 2.11. The van der Waals surface area contributed by atoms with Crippen LogP contribution >= 0.6 is 0 Å². The predicted octanol–water partition coefficient (Wildman–Crippen LogP) is 3.52. The summed E-state index contributed by atoms with van der Waals surface area (Å²) in [5.74, 6) is -0.460. The lowest BCUT2D eigenvalue weighted by molar-refractivity contribution is -0.111. The Morgan fingerprint density at radius 1 is 0.926 bits per heavy atom. The first-order chi connectivity index (χ1) is 13.0. The summed E-state index contributed by atoms with van der Waals surface area (Å²) < 4.78 is 28.1. The number of carbonyl (C=O) groups is 1. The molecule has 0 aliphatic rings. The van der Waals surface area contributed by atoms with Gasteiger partial charge in [0.15, 0.2) is 0 Å². The van der Waals surface area contributed by atoms with E-state index in [2.05, 4.69) is 20.0 Å². The van der Waals surface area contributed by atoms with Crippen molar-refractivity contribution in [3.05, 3.63) is 89.4 Å². The third kappa shape index (κ3) is 5.23. The molecular formula is C19H15N4O3S-. The highest BCUT2D eigenvalue weighted by molar-refractivity contribution is 7.94. The molecule has 0 saturated heterocycles. The number of hydrogen-bond donors (Lipinski definition) is 1. The number of nitrogens with one attached hydrogen (secondary N) is 1. The van der Waals surface area contributed by atoms with Gasteiger partial charge in [-0.05, 0) is 48.3 Å². The van der Waals surface area contributed by atoms with Crippen LogP contribution < -0.4 is 5.32 Å². The molecule has 136 valence electrons. The Labute approximate surface area is 156 Å². The second kappa shape index (κ2) is 8.24. The molecule has 3 aromatic rings. The van der Waals surface area contributed by atoms with E-state index in [1.165, 1.54) is 42.7 Å². The van der Waals surface area contributed by atoms with Gasteiger partial charge in [-0.15, -0.1) is 0 Å². The van der Waals surface area contributed by atoms with Gasteiger partial charge >= 0.3 is 0 Å².